The molecular formula is C10H10ClNO3. The van der Waals surface area contributed by atoms with E-state index in [-0.39, 0.29) is 12.3 Å². The van der Waals surface area contributed by atoms with Crippen LogP contribution in [0.1, 0.15) is 12.5 Å². The van der Waals surface area contributed by atoms with Crippen molar-refractivity contribution in [1.82, 2.24) is 0 Å². The van der Waals surface area contributed by atoms with Crippen molar-refractivity contribution >= 4 is 29.2 Å². The van der Waals surface area contributed by atoms with E-state index in [1.54, 1.807) is 12.1 Å². The van der Waals surface area contributed by atoms with Gasteiger partial charge in [0.15, 0.2) is 0 Å². The van der Waals surface area contributed by atoms with Gasteiger partial charge in [0.25, 0.3) is 0 Å². The number of halogens is 1. The van der Waals surface area contributed by atoms with Crippen molar-refractivity contribution in [2.45, 2.75) is 13.3 Å². The lowest BCUT2D eigenvalue weighted by molar-refractivity contribution is -0.136. The second kappa shape index (κ2) is 4.79. The molecule has 0 saturated carbocycles. The Hall–Kier alpha value is -1.55. The second-order valence-electron chi connectivity index (χ2n) is 3.05. The molecule has 0 radical (unpaired) electrons. The zero-order chi connectivity index (χ0) is 11.4. The standard InChI is InChI=1S/C10H10ClNO3/c1-6(13)12-9-5-8(11)3-2-7(9)4-10(14)15/h2-3,5H,4H2,1H3,(H,12,13)(H,14,15). The van der Waals surface area contributed by atoms with Gasteiger partial charge in [-0.15, -0.1) is 0 Å². The Bertz CT molecular complexity index is 404. The first kappa shape index (κ1) is 11.5. The lowest BCUT2D eigenvalue weighted by Gasteiger charge is -2.08. The predicted molar refractivity (Wildman–Crippen MR) is 57.1 cm³/mol. The van der Waals surface area contributed by atoms with Gasteiger partial charge in [0, 0.05) is 17.6 Å². The quantitative estimate of drug-likeness (QED) is 0.829. The van der Waals surface area contributed by atoms with Crippen LogP contribution < -0.4 is 5.32 Å². The molecule has 0 aromatic heterocycles. The number of hydrogen-bond donors (Lipinski definition) is 2. The van der Waals surface area contributed by atoms with Gasteiger partial charge in [-0.2, -0.15) is 0 Å². The van der Waals surface area contributed by atoms with E-state index in [4.69, 9.17) is 16.7 Å². The number of anilines is 1. The molecule has 1 rings (SSSR count). The van der Waals surface area contributed by atoms with Crippen LogP contribution in [-0.2, 0) is 16.0 Å². The lowest BCUT2D eigenvalue weighted by Crippen LogP contribution is -2.10. The molecule has 1 amide bonds. The minimum Gasteiger partial charge on any atom is -0.481 e. The molecule has 5 heteroatoms. The van der Waals surface area contributed by atoms with E-state index in [0.717, 1.165) is 0 Å². The third-order valence-electron chi connectivity index (χ3n) is 1.72. The van der Waals surface area contributed by atoms with Gasteiger partial charge in [0.2, 0.25) is 5.91 Å². The fraction of sp³-hybridized carbons (Fsp3) is 0.200. The smallest absolute Gasteiger partial charge is 0.307 e. The largest absolute Gasteiger partial charge is 0.481 e. The van der Waals surface area contributed by atoms with E-state index in [2.05, 4.69) is 5.32 Å². The van der Waals surface area contributed by atoms with E-state index < -0.39 is 5.97 Å². The molecule has 0 fully saturated rings. The Morgan fingerprint density at radius 2 is 2.13 bits per heavy atom. The Labute approximate surface area is 91.9 Å². The fourth-order valence-corrected chi connectivity index (χ4v) is 1.34. The SMILES string of the molecule is CC(=O)Nc1cc(Cl)ccc1CC(=O)O. The van der Waals surface area contributed by atoms with Crippen molar-refractivity contribution in [3.63, 3.8) is 0 Å². The number of aliphatic carboxylic acids is 1. The number of carbonyl (C=O) groups is 2. The summed E-state index contributed by atoms with van der Waals surface area (Å²) in [5.41, 5.74) is 0.972. The third-order valence-corrected chi connectivity index (χ3v) is 1.96. The van der Waals surface area contributed by atoms with E-state index in [9.17, 15) is 9.59 Å². The molecule has 4 nitrogen and oxygen atoms in total. The summed E-state index contributed by atoms with van der Waals surface area (Å²) in [5.74, 6) is -1.21. The van der Waals surface area contributed by atoms with Crippen LogP contribution in [0.2, 0.25) is 5.02 Å². The maximum absolute atomic E-state index is 10.9. The molecule has 0 saturated heterocycles. The van der Waals surface area contributed by atoms with E-state index in [1.165, 1.54) is 13.0 Å². The molecule has 0 heterocycles. The van der Waals surface area contributed by atoms with Crippen molar-refractivity contribution in [2.75, 3.05) is 5.32 Å². The number of amides is 1. The van der Waals surface area contributed by atoms with Crippen molar-refractivity contribution in [1.29, 1.82) is 0 Å². The number of nitrogens with one attached hydrogen (secondary N) is 1. The molecule has 2 N–H and O–H groups in total. The summed E-state index contributed by atoms with van der Waals surface area (Å²) in [4.78, 5) is 21.4. The van der Waals surface area contributed by atoms with E-state index >= 15 is 0 Å². The highest BCUT2D eigenvalue weighted by Crippen LogP contribution is 2.21. The number of carboxylic acid groups (broad SMARTS) is 1. The molecule has 0 aliphatic rings. The fourth-order valence-electron chi connectivity index (χ4n) is 1.17. The van der Waals surface area contributed by atoms with Crippen LogP contribution in [0.5, 0.6) is 0 Å². The number of benzene rings is 1. The molecule has 1 aromatic carbocycles. The van der Waals surface area contributed by atoms with Gasteiger partial charge in [-0.1, -0.05) is 17.7 Å². The molecule has 0 atom stereocenters. The molecule has 0 bridgehead atoms. The van der Waals surface area contributed by atoms with Crippen LogP contribution in [0, 0.1) is 0 Å². The van der Waals surface area contributed by atoms with Crippen LogP contribution >= 0.6 is 11.6 Å². The minimum absolute atomic E-state index is 0.146. The zero-order valence-corrected chi connectivity index (χ0v) is 8.84. The first-order valence-corrected chi connectivity index (χ1v) is 4.64. The van der Waals surface area contributed by atoms with Crippen molar-refractivity contribution < 1.29 is 14.7 Å². The summed E-state index contributed by atoms with van der Waals surface area (Å²) in [5, 5.41) is 11.6. The van der Waals surface area contributed by atoms with Crippen molar-refractivity contribution in [2.24, 2.45) is 0 Å². The van der Waals surface area contributed by atoms with Crippen LogP contribution in [0.3, 0.4) is 0 Å². The zero-order valence-electron chi connectivity index (χ0n) is 8.08. The van der Waals surface area contributed by atoms with Gasteiger partial charge in [-0.3, -0.25) is 9.59 Å². The number of hydrogen-bond acceptors (Lipinski definition) is 2. The third kappa shape index (κ3) is 3.59. The van der Waals surface area contributed by atoms with E-state index in [0.29, 0.717) is 16.3 Å². The number of carboxylic acids is 1. The average molecular weight is 228 g/mol. The van der Waals surface area contributed by atoms with Crippen molar-refractivity contribution in [3.05, 3.63) is 28.8 Å². The van der Waals surface area contributed by atoms with Gasteiger partial charge in [0.05, 0.1) is 6.42 Å². The van der Waals surface area contributed by atoms with Gasteiger partial charge in [-0.25, -0.2) is 0 Å². The van der Waals surface area contributed by atoms with Crippen LogP contribution in [0.4, 0.5) is 5.69 Å². The Kier molecular flexibility index (Phi) is 3.68. The second-order valence-corrected chi connectivity index (χ2v) is 3.49. The normalized spacial score (nSPS) is 9.73. The van der Waals surface area contributed by atoms with Crippen LogP contribution in [-0.4, -0.2) is 17.0 Å². The van der Waals surface area contributed by atoms with Crippen LogP contribution in [0.15, 0.2) is 18.2 Å². The maximum atomic E-state index is 10.9. The summed E-state index contributed by atoms with van der Waals surface area (Å²) in [7, 11) is 0. The first-order valence-electron chi connectivity index (χ1n) is 4.27. The van der Waals surface area contributed by atoms with Gasteiger partial charge in [-0.05, 0) is 17.7 Å². The number of carbonyl (C=O) groups excluding carboxylic acids is 1. The van der Waals surface area contributed by atoms with Gasteiger partial charge < -0.3 is 10.4 Å². The predicted octanol–water partition coefficient (Wildman–Crippen LogP) is 1.93. The maximum Gasteiger partial charge on any atom is 0.307 e. The molecule has 0 aliphatic heterocycles. The highest BCUT2D eigenvalue weighted by molar-refractivity contribution is 6.31. The molecule has 0 aliphatic carbocycles. The highest BCUT2D eigenvalue weighted by Gasteiger charge is 2.08. The molecule has 1 aromatic rings. The molecular weight excluding hydrogens is 218 g/mol. The molecule has 80 valence electrons. The van der Waals surface area contributed by atoms with E-state index in [1.807, 2.05) is 0 Å². The van der Waals surface area contributed by atoms with Gasteiger partial charge in [0.1, 0.15) is 0 Å². The summed E-state index contributed by atoms with van der Waals surface area (Å²) >= 11 is 5.74. The number of rotatable bonds is 3. The first-order chi connectivity index (χ1) is 6.99. The van der Waals surface area contributed by atoms with Crippen LogP contribution in [0.25, 0.3) is 0 Å². The molecule has 0 unspecified atom stereocenters. The Morgan fingerprint density at radius 3 is 2.67 bits per heavy atom. The summed E-state index contributed by atoms with van der Waals surface area (Å²) in [6.07, 6.45) is -0.146. The Morgan fingerprint density at radius 1 is 1.47 bits per heavy atom. The molecule has 0 spiro atoms. The summed E-state index contributed by atoms with van der Waals surface area (Å²) < 4.78 is 0. The topological polar surface area (TPSA) is 66.4 Å². The monoisotopic (exact) mass is 227 g/mol. The Balaban J connectivity index is 3.02. The van der Waals surface area contributed by atoms with Gasteiger partial charge >= 0.3 is 5.97 Å². The minimum atomic E-state index is -0.955. The summed E-state index contributed by atoms with van der Waals surface area (Å²) in [6, 6.07) is 4.70. The summed E-state index contributed by atoms with van der Waals surface area (Å²) in [6.45, 7) is 1.35. The highest BCUT2D eigenvalue weighted by atomic mass is 35.5. The lowest BCUT2D eigenvalue weighted by atomic mass is 10.1. The average Bonchev–Trinajstić information content (AvgIpc) is 2.08. The molecule has 15 heavy (non-hydrogen) atoms. The van der Waals surface area contributed by atoms with Crippen molar-refractivity contribution in [3.8, 4) is 0 Å².